The lowest BCUT2D eigenvalue weighted by Crippen LogP contribution is -2.54. The fourth-order valence-electron chi connectivity index (χ4n) is 3.92. The van der Waals surface area contributed by atoms with Crippen LogP contribution >= 0.6 is 0 Å². The van der Waals surface area contributed by atoms with Gasteiger partial charge in [0.05, 0.1) is 13.2 Å². The summed E-state index contributed by atoms with van der Waals surface area (Å²) in [6.45, 7) is 11.5. The van der Waals surface area contributed by atoms with Crippen molar-refractivity contribution in [3.05, 3.63) is 23.8 Å². The fourth-order valence-corrected chi connectivity index (χ4v) is 3.92. The first-order valence-corrected chi connectivity index (χ1v) is 10.8. The van der Waals surface area contributed by atoms with Crippen LogP contribution in [0, 0.1) is 0 Å². The minimum Gasteiger partial charge on any atom is -0.444 e. The van der Waals surface area contributed by atoms with Gasteiger partial charge in [-0.1, -0.05) is 6.07 Å². The van der Waals surface area contributed by atoms with Crippen LogP contribution in [-0.4, -0.2) is 79.8 Å². The number of alkyl halides is 3. The maximum absolute atomic E-state index is 13.1. The number of nitrogens with zero attached hydrogens (tertiary/aromatic N) is 3. The van der Waals surface area contributed by atoms with E-state index in [0.717, 1.165) is 0 Å². The highest BCUT2D eigenvalue weighted by Gasteiger charge is 2.34. The summed E-state index contributed by atoms with van der Waals surface area (Å²) >= 11 is 0. The monoisotopic (exact) mass is 459 g/mol. The largest absolute Gasteiger partial charge is 0.573 e. The van der Waals surface area contributed by atoms with Gasteiger partial charge in [0.25, 0.3) is 0 Å². The molecule has 32 heavy (non-hydrogen) atoms. The molecule has 3 rings (SSSR count). The second-order valence-corrected chi connectivity index (χ2v) is 9.20. The van der Waals surface area contributed by atoms with Gasteiger partial charge in [-0.2, -0.15) is 0 Å². The molecule has 1 atom stereocenters. The van der Waals surface area contributed by atoms with Gasteiger partial charge in [0.2, 0.25) is 0 Å². The summed E-state index contributed by atoms with van der Waals surface area (Å²) in [7, 11) is 0. The van der Waals surface area contributed by atoms with Crippen molar-refractivity contribution in [2.45, 2.75) is 52.2 Å². The number of ether oxygens (including phenoxy) is 3. The molecular weight excluding hydrogens is 427 g/mol. The zero-order chi connectivity index (χ0) is 23.5. The highest BCUT2D eigenvalue weighted by molar-refractivity contribution is 5.68. The van der Waals surface area contributed by atoms with Gasteiger partial charge < -0.3 is 24.0 Å². The number of rotatable bonds is 4. The smallest absolute Gasteiger partial charge is 0.444 e. The molecule has 0 radical (unpaired) electrons. The van der Waals surface area contributed by atoms with Crippen molar-refractivity contribution in [1.29, 1.82) is 0 Å². The maximum atomic E-state index is 13.1. The molecule has 0 aromatic heterocycles. The topological polar surface area (TPSA) is 54.5 Å². The molecule has 7 nitrogen and oxygen atoms in total. The van der Waals surface area contributed by atoms with Crippen LogP contribution in [0.4, 0.5) is 23.7 Å². The summed E-state index contributed by atoms with van der Waals surface area (Å²) in [5.41, 5.74) is 0.552. The van der Waals surface area contributed by atoms with E-state index >= 15 is 0 Å². The minimum absolute atomic E-state index is 0.127. The Labute approximate surface area is 187 Å². The van der Waals surface area contributed by atoms with Crippen LogP contribution in [0.3, 0.4) is 0 Å². The molecule has 1 aromatic carbocycles. The first kappa shape index (κ1) is 24.4. The van der Waals surface area contributed by atoms with Gasteiger partial charge in [-0.15, -0.1) is 13.2 Å². The van der Waals surface area contributed by atoms with Crippen molar-refractivity contribution in [2.75, 3.05) is 50.8 Å². The van der Waals surface area contributed by atoms with Crippen LogP contribution in [0.25, 0.3) is 0 Å². The molecule has 2 aliphatic rings. The quantitative estimate of drug-likeness (QED) is 0.682. The number of carbonyl (C=O) groups is 1. The van der Waals surface area contributed by atoms with E-state index in [1.54, 1.807) is 11.0 Å². The molecule has 10 heteroatoms. The van der Waals surface area contributed by atoms with E-state index in [1.807, 2.05) is 43.6 Å². The van der Waals surface area contributed by atoms with E-state index in [1.165, 1.54) is 6.07 Å². The number of carbonyl (C=O) groups excluding carboxylic acids is 1. The molecular formula is C22H32F3N3O4. The fraction of sp³-hybridized carbons (Fsp3) is 0.682. The number of hydrogen-bond acceptors (Lipinski definition) is 6. The first-order chi connectivity index (χ1) is 14.9. The third-order valence-electron chi connectivity index (χ3n) is 5.39. The van der Waals surface area contributed by atoms with Crippen LogP contribution in [-0.2, 0) is 16.0 Å². The van der Waals surface area contributed by atoms with Gasteiger partial charge in [0.15, 0.2) is 0 Å². The van der Waals surface area contributed by atoms with Crippen LogP contribution in [0.15, 0.2) is 18.2 Å². The van der Waals surface area contributed by atoms with Gasteiger partial charge >= 0.3 is 12.5 Å². The molecule has 0 aliphatic carbocycles. The molecule has 0 N–H and O–H groups in total. The number of hydrogen-bond donors (Lipinski definition) is 0. The van der Waals surface area contributed by atoms with E-state index in [0.29, 0.717) is 63.7 Å². The Kier molecular flexibility index (Phi) is 7.44. The van der Waals surface area contributed by atoms with Gasteiger partial charge in [-0.3, -0.25) is 4.90 Å². The van der Waals surface area contributed by atoms with Gasteiger partial charge in [0.1, 0.15) is 11.4 Å². The van der Waals surface area contributed by atoms with Crippen molar-refractivity contribution in [3.8, 4) is 5.75 Å². The SMILES string of the molecule is CC1CN(Cc2ccc(N3CCOCC3)cc2OC(F)(F)F)CCN1C(=O)OC(C)(C)C. The number of benzene rings is 1. The average Bonchev–Trinajstić information content (AvgIpc) is 2.67. The first-order valence-electron chi connectivity index (χ1n) is 10.8. The molecule has 2 fully saturated rings. The second kappa shape index (κ2) is 9.74. The molecule has 0 saturated carbocycles. The predicted octanol–water partition coefficient (Wildman–Crippen LogP) is 3.86. The summed E-state index contributed by atoms with van der Waals surface area (Å²) < 4.78 is 54.4. The maximum Gasteiger partial charge on any atom is 0.573 e. The number of halogens is 3. The van der Waals surface area contributed by atoms with E-state index in [4.69, 9.17) is 9.47 Å². The Bertz CT molecular complexity index is 792. The number of morpholine rings is 1. The highest BCUT2D eigenvalue weighted by Crippen LogP contribution is 2.32. The van der Waals surface area contributed by atoms with Crippen LogP contribution in [0.5, 0.6) is 5.75 Å². The molecule has 2 saturated heterocycles. The Morgan fingerprint density at radius 2 is 1.81 bits per heavy atom. The minimum atomic E-state index is -4.78. The Balaban J connectivity index is 1.70. The van der Waals surface area contributed by atoms with Crippen LogP contribution < -0.4 is 9.64 Å². The van der Waals surface area contributed by atoms with Crippen molar-refractivity contribution in [2.24, 2.45) is 0 Å². The molecule has 180 valence electrons. The summed E-state index contributed by atoms with van der Waals surface area (Å²) in [4.78, 5) is 18.1. The Hall–Kier alpha value is -2.20. The van der Waals surface area contributed by atoms with Gasteiger partial charge in [0, 0.05) is 62.6 Å². The Morgan fingerprint density at radius 3 is 2.41 bits per heavy atom. The summed E-state index contributed by atoms with van der Waals surface area (Å²) in [5.74, 6) is -0.191. The number of piperazine rings is 1. The number of anilines is 1. The van der Waals surface area contributed by atoms with Crippen molar-refractivity contribution >= 4 is 11.8 Å². The van der Waals surface area contributed by atoms with E-state index < -0.39 is 12.0 Å². The van der Waals surface area contributed by atoms with Crippen LogP contribution in [0.2, 0.25) is 0 Å². The van der Waals surface area contributed by atoms with Crippen molar-refractivity contribution in [1.82, 2.24) is 9.80 Å². The molecule has 2 aliphatic heterocycles. The molecule has 1 unspecified atom stereocenters. The van der Waals surface area contributed by atoms with Crippen molar-refractivity contribution in [3.63, 3.8) is 0 Å². The van der Waals surface area contributed by atoms with Crippen molar-refractivity contribution < 1.29 is 32.2 Å². The zero-order valence-electron chi connectivity index (χ0n) is 19.1. The average molecular weight is 460 g/mol. The third kappa shape index (κ3) is 6.90. The lowest BCUT2D eigenvalue weighted by atomic mass is 10.1. The zero-order valence-corrected chi connectivity index (χ0v) is 19.1. The molecule has 1 amide bonds. The predicted molar refractivity (Wildman–Crippen MR) is 114 cm³/mol. The lowest BCUT2D eigenvalue weighted by Gasteiger charge is -2.40. The molecule has 0 spiro atoms. The third-order valence-corrected chi connectivity index (χ3v) is 5.39. The number of amides is 1. The molecule has 1 aromatic rings. The van der Waals surface area contributed by atoms with E-state index in [9.17, 15) is 18.0 Å². The normalized spacial score (nSPS) is 20.9. The summed E-state index contributed by atoms with van der Waals surface area (Å²) in [6, 6.07) is 4.84. The standard InChI is InChI=1S/C22H32F3N3O4/c1-16-14-26(7-8-28(16)20(29)32-21(2,3)4)15-17-5-6-18(27-9-11-30-12-10-27)13-19(17)31-22(23,24)25/h5-6,13,16H,7-12,14-15H2,1-4H3. The van der Waals surface area contributed by atoms with Gasteiger partial charge in [-0.25, -0.2) is 4.79 Å². The Morgan fingerprint density at radius 1 is 1.12 bits per heavy atom. The lowest BCUT2D eigenvalue weighted by molar-refractivity contribution is -0.275. The van der Waals surface area contributed by atoms with E-state index in [-0.39, 0.29) is 17.9 Å². The summed E-state index contributed by atoms with van der Waals surface area (Å²) in [6.07, 6.45) is -5.15. The molecule has 2 heterocycles. The summed E-state index contributed by atoms with van der Waals surface area (Å²) in [5, 5.41) is 0. The molecule has 0 bridgehead atoms. The highest BCUT2D eigenvalue weighted by atomic mass is 19.4. The second-order valence-electron chi connectivity index (χ2n) is 9.20. The van der Waals surface area contributed by atoms with Crippen LogP contribution in [0.1, 0.15) is 33.3 Å². The van der Waals surface area contributed by atoms with Gasteiger partial charge in [-0.05, 0) is 33.8 Å². The van der Waals surface area contributed by atoms with E-state index in [2.05, 4.69) is 4.74 Å².